The lowest BCUT2D eigenvalue weighted by atomic mass is 10.2. The Bertz CT molecular complexity index is 569. The fraction of sp³-hybridized carbons (Fsp3) is 0.308. The molecule has 1 rings (SSSR count). The third-order valence-electron chi connectivity index (χ3n) is 2.42. The maximum atomic E-state index is 11.9. The van der Waals surface area contributed by atoms with E-state index in [-0.39, 0.29) is 22.9 Å². The number of sulfonamides is 1. The molecular weight excluding hydrogens is 280 g/mol. The van der Waals surface area contributed by atoms with E-state index in [1.165, 1.54) is 31.4 Å². The number of benzene rings is 1. The van der Waals surface area contributed by atoms with Crippen LogP contribution in [0.1, 0.15) is 10.4 Å². The standard InChI is InChI=1S/C13H18N2O4S/c1-3-7-15-20(17,18)12-6-4-5-11(10-12)13(16)14-8-9-19-2/h3-6,10,15H,1,7-9H2,2H3,(H,14,16). The Morgan fingerprint density at radius 2 is 2.20 bits per heavy atom. The fourth-order valence-corrected chi connectivity index (χ4v) is 2.47. The van der Waals surface area contributed by atoms with Gasteiger partial charge in [0.05, 0.1) is 11.5 Å². The normalized spacial score (nSPS) is 11.1. The van der Waals surface area contributed by atoms with Crippen molar-refractivity contribution in [3.05, 3.63) is 42.5 Å². The van der Waals surface area contributed by atoms with Crippen LogP contribution in [0.3, 0.4) is 0 Å². The number of amides is 1. The van der Waals surface area contributed by atoms with Gasteiger partial charge in [-0.05, 0) is 18.2 Å². The van der Waals surface area contributed by atoms with Crippen LogP contribution in [0.2, 0.25) is 0 Å². The van der Waals surface area contributed by atoms with Crippen LogP contribution in [0.15, 0.2) is 41.8 Å². The van der Waals surface area contributed by atoms with Crippen molar-refractivity contribution in [3.63, 3.8) is 0 Å². The first kappa shape index (κ1) is 16.4. The van der Waals surface area contributed by atoms with Gasteiger partial charge in [0, 0.05) is 25.8 Å². The van der Waals surface area contributed by atoms with Crippen LogP contribution in [0, 0.1) is 0 Å². The Kier molecular flexibility index (Phi) is 6.37. The van der Waals surface area contributed by atoms with Crippen molar-refractivity contribution in [3.8, 4) is 0 Å². The first-order valence-corrected chi connectivity index (χ1v) is 7.47. The molecule has 0 atom stereocenters. The van der Waals surface area contributed by atoms with Gasteiger partial charge in [0.25, 0.3) is 5.91 Å². The van der Waals surface area contributed by atoms with E-state index in [1.54, 1.807) is 6.07 Å². The predicted molar refractivity (Wildman–Crippen MR) is 76.0 cm³/mol. The molecule has 0 saturated carbocycles. The molecule has 0 bridgehead atoms. The maximum absolute atomic E-state index is 11.9. The third kappa shape index (κ3) is 4.76. The second-order valence-corrected chi connectivity index (χ2v) is 5.68. The van der Waals surface area contributed by atoms with Crippen LogP contribution in [0.5, 0.6) is 0 Å². The van der Waals surface area contributed by atoms with Crippen molar-refractivity contribution in [1.82, 2.24) is 10.0 Å². The largest absolute Gasteiger partial charge is 0.383 e. The lowest BCUT2D eigenvalue weighted by Crippen LogP contribution is -2.28. The molecule has 0 fully saturated rings. The van der Waals surface area contributed by atoms with E-state index in [9.17, 15) is 13.2 Å². The molecule has 1 aromatic carbocycles. The predicted octanol–water partition coefficient (Wildman–Crippen LogP) is 0.527. The molecule has 0 heterocycles. The van der Waals surface area contributed by atoms with Crippen LogP contribution < -0.4 is 10.0 Å². The van der Waals surface area contributed by atoms with Gasteiger partial charge < -0.3 is 10.1 Å². The summed E-state index contributed by atoms with van der Waals surface area (Å²) in [6.07, 6.45) is 1.44. The first-order valence-electron chi connectivity index (χ1n) is 5.99. The number of nitrogens with one attached hydrogen (secondary N) is 2. The number of carbonyl (C=O) groups excluding carboxylic acids is 1. The van der Waals surface area contributed by atoms with E-state index in [2.05, 4.69) is 16.6 Å². The summed E-state index contributed by atoms with van der Waals surface area (Å²) in [4.78, 5) is 11.9. The molecule has 0 aliphatic rings. The number of ether oxygens (including phenoxy) is 1. The van der Waals surface area contributed by atoms with Crippen molar-refractivity contribution in [1.29, 1.82) is 0 Å². The highest BCUT2D eigenvalue weighted by Gasteiger charge is 2.15. The van der Waals surface area contributed by atoms with Gasteiger partial charge in [-0.2, -0.15) is 0 Å². The summed E-state index contributed by atoms with van der Waals surface area (Å²) in [5, 5.41) is 2.63. The lowest BCUT2D eigenvalue weighted by molar-refractivity contribution is 0.0937. The molecule has 2 N–H and O–H groups in total. The minimum absolute atomic E-state index is 0.0405. The molecule has 1 amide bonds. The molecule has 1 aromatic rings. The van der Waals surface area contributed by atoms with Crippen molar-refractivity contribution in [2.24, 2.45) is 0 Å². The van der Waals surface area contributed by atoms with Crippen molar-refractivity contribution in [2.75, 3.05) is 26.8 Å². The van der Waals surface area contributed by atoms with Crippen LogP contribution in [0.25, 0.3) is 0 Å². The lowest BCUT2D eigenvalue weighted by Gasteiger charge is -2.08. The minimum atomic E-state index is -3.63. The number of rotatable bonds is 8. The van der Waals surface area contributed by atoms with Gasteiger partial charge in [0.2, 0.25) is 10.0 Å². The Balaban J connectivity index is 2.85. The Labute approximate surface area is 118 Å². The molecule has 7 heteroatoms. The number of hydrogen-bond donors (Lipinski definition) is 2. The molecule has 0 aliphatic heterocycles. The first-order chi connectivity index (χ1) is 9.51. The highest BCUT2D eigenvalue weighted by Crippen LogP contribution is 2.11. The molecule has 0 aromatic heterocycles. The summed E-state index contributed by atoms with van der Waals surface area (Å²) in [6.45, 7) is 4.33. The summed E-state index contributed by atoms with van der Waals surface area (Å²) in [6, 6.07) is 5.83. The minimum Gasteiger partial charge on any atom is -0.383 e. The average Bonchev–Trinajstić information content (AvgIpc) is 2.45. The van der Waals surface area contributed by atoms with E-state index in [0.717, 1.165) is 0 Å². The SMILES string of the molecule is C=CCNS(=O)(=O)c1cccc(C(=O)NCCOC)c1. The molecular formula is C13H18N2O4S. The Morgan fingerprint density at radius 3 is 2.85 bits per heavy atom. The number of carbonyl (C=O) groups is 1. The second-order valence-electron chi connectivity index (χ2n) is 3.92. The summed E-state index contributed by atoms with van der Waals surface area (Å²) in [7, 11) is -2.10. The van der Waals surface area contributed by atoms with Crippen molar-refractivity contribution < 1.29 is 17.9 Å². The second kappa shape index (κ2) is 7.78. The molecule has 110 valence electrons. The summed E-state index contributed by atoms with van der Waals surface area (Å²) in [5.74, 6) is -0.345. The average molecular weight is 298 g/mol. The molecule has 0 aliphatic carbocycles. The molecule has 6 nitrogen and oxygen atoms in total. The van der Waals surface area contributed by atoms with Gasteiger partial charge in [0.1, 0.15) is 0 Å². The van der Waals surface area contributed by atoms with Gasteiger partial charge in [-0.25, -0.2) is 13.1 Å². The Morgan fingerprint density at radius 1 is 1.45 bits per heavy atom. The number of methoxy groups -OCH3 is 1. The maximum Gasteiger partial charge on any atom is 0.251 e. The monoisotopic (exact) mass is 298 g/mol. The zero-order valence-electron chi connectivity index (χ0n) is 11.3. The zero-order chi connectivity index (χ0) is 15.0. The molecule has 0 spiro atoms. The summed E-state index contributed by atoms with van der Waals surface area (Å²) < 4.78 is 31.0. The van der Waals surface area contributed by atoms with Crippen LogP contribution in [-0.4, -0.2) is 41.1 Å². The number of hydrogen-bond acceptors (Lipinski definition) is 4. The van der Waals surface area contributed by atoms with Gasteiger partial charge in [-0.1, -0.05) is 12.1 Å². The van der Waals surface area contributed by atoms with Crippen LogP contribution in [0.4, 0.5) is 0 Å². The van der Waals surface area contributed by atoms with Crippen molar-refractivity contribution in [2.45, 2.75) is 4.90 Å². The zero-order valence-corrected chi connectivity index (χ0v) is 12.1. The van der Waals surface area contributed by atoms with Crippen LogP contribution >= 0.6 is 0 Å². The van der Waals surface area contributed by atoms with E-state index in [0.29, 0.717) is 13.2 Å². The smallest absolute Gasteiger partial charge is 0.251 e. The highest BCUT2D eigenvalue weighted by molar-refractivity contribution is 7.89. The topological polar surface area (TPSA) is 84.5 Å². The van der Waals surface area contributed by atoms with Gasteiger partial charge in [0.15, 0.2) is 0 Å². The third-order valence-corrected chi connectivity index (χ3v) is 3.84. The van der Waals surface area contributed by atoms with Gasteiger partial charge >= 0.3 is 0 Å². The van der Waals surface area contributed by atoms with E-state index < -0.39 is 10.0 Å². The van der Waals surface area contributed by atoms with E-state index >= 15 is 0 Å². The van der Waals surface area contributed by atoms with E-state index in [1.807, 2.05) is 0 Å². The van der Waals surface area contributed by atoms with Crippen molar-refractivity contribution >= 4 is 15.9 Å². The highest BCUT2D eigenvalue weighted by atomic mass is 32.2. The molecule has 0 unspecified atom stereocenters. The van der Waals surface area contributed by atoms with Crippen LogP contribution in [-0.2, 0) is 14.8 Å². The fourth-order valence-electron chi connectivity index (χ4n) is 1.43. The summed E-state index contributed by atoms with van der Waals surface area (Å²) >= 11 is 0. The van der Waals surface area contributed by atoms with Gasteiger partial charge in [-0.3, -0.25) is 4.79 Å². The molecule has 20 heavy (non-hydrogen) atoms. The summed E-state index contributed by atoms with van der Waals surface area (Å²) in [5.41, 5.74) is 0.280. The van der Waals surface area contributed by atoms with E-state index in [4.69, 9.17) is 4.74 Å². The molecule has 0 saturated heterocycles. The quantitative estimate of drug-likeness (QED) is 0.541. The Hall–Kier alpha value is -1.70. The molecule has 0 radical (unpaired) electrons. The van der Waals surface area contributed by atoms with Gasteiger partial charge in [-0.15, -0.1) is 6.58 Å².